The van der Waals surface area contributed by atoms with Crippen LogP contribution in [0.3, 0.4) is 0 Å². The highest BCUT2D eigenvalue weighted by Crippen LogP contribution is 2.11. The fourth-order valence-corrected chi connectivity index (χ4v) is 1.58. The van der Waals surface area contributed by atoms with E-state index in [4.69, 9.17) is 5.73 Å². The van der Waals surface area contributed by atoms with E-state index in [1.165, 1.54) is 0 Å². The molecule has 0 saturated carbocycles. The number of hydrogen-bond acceptors (Lipinski definition) is 4. The molecule has 0 fully saturated rings. The number of anilines is 2. The van der Waals surface area contributed by atoms with Gasteiger partial charge >= 0.3 is 0 Å². The molecule has 0 aliphatic heterocycles. The zero-order valence-corrected chi connectivity index (χ0v) is 9.90. The second kappa shape index (κ2) is 5.34. The van der Waals surface area contributed by atoms with Gasteiger partial charge in [-0.2, -0.15) is 0 Å². The number of nitrogens with two attached hydrogens (primary N) is 1. The summed E-state index contributed by atoms with van der Waals surface area (Å²) in [6, 6.07) is 3.77. The van der Waals surface area contributed by atoms with Crippen molar-refractivity contribution in [1.82, 2.24) is 15.0 Å². The first kappa shape index (κ1) is 11.4. The number of H-pyrrole nitrogens is 1. The molecule has 90 valence electrons. The lowest BCUT2D eigenvalue weighted by molar-refractivity contribution is 0.813. The number of rotatable bonds is 5. The Bertz CT molecular complexity index is 464. The maximum atomic E-state index is 5.71. The van der Waals surface area contributed by atoms with Gasteiger partial charge in [0.1, 0.15) is 11.6 Å². The van der Waals surface area contributed by atoms with Crippen LogP contribution in [0.15, 0.2) is 24.5 Å². The number of nitrogen functional groups attached to an aromatic ring is 1. The van der Waals surface area contributed by atoms with Crippen LogP contribution >= 0.6 is 0 Å². The maximum absolute atomic E-state index is 5.71. The molecule has 2 aromatic rings. The predicted molar refractivity (Wildman–Crippen MR) is 68.8 cm³/mol. The minimum absolute atomic E-state index is 0.728. The Balaban J connectivity index is 1.76. The fraction of sp³-hybridized carbons (Fsp3) is 0.333. The summed E-state index contributed by atoms with van der Waals surface area (Å²) in [5.74, 6) is 1.89. The number of nitrogens with one attached hydrogen (secondary N) is 2. The van der Waals surface area contributed by atoms with Crippen LogP contribution in [0.2, 0.25) is 0 Å². The van der Waals surface area contributed by atoms with Gasteiger partial charge in [-0.3, -0.25) is 0 Å². The number of aromatic amines is 1. The molecule has 5 heteroatoms. The predicted octanol–water partition coefficient (Wildman–Crippen LogP) is 1.74. The van der Waals surface area contributed by atoms with Crippen molar-refractivity contribution in [1.29, 1.82) is 0 Å². The first-order valence-corrected chi connectivity index (χ1v) is 5.71. The Morgan fingerprint density at radius 3 is 3.00 bits per heavy atom. The number of aromatic nitrogens is 3. The summed E-state index contributed by atoms with van der Waals surface area (Å²) in [4.78, 5) is 11.6. The lowest BCUT2D eigenvalue weighted by atomic mass is 10.3. The molecule has 0 spiro atoms. The third kappa shape index (κ3) is 3.21. The van der Waals surface area contributed by atoms with Crippen molar-refractivity contribution in [2.75, 3.05) is 17.6 Å². The summed E-state index contributed by atoms with van der Waals surface area (Å²) in [5.41, 5.74) is 7.30. The van der Waals surface area contributed by atoms with E-state index in [9.17, 15) is 0 Å². The van der Waals surface area contributed by atoms with E-state index in [-0.39, 0.29) is 0 Å². The van der Waals surface area contributed by atoms with Crippen LogP contribution in [-0.2, 0) is 6.42 Å². The SMILES string of the molecule is Cc1nc(NCCCc2ncc[nH]2)ccc1N. The zero-order chi connectivity index (χ0) is 12.1. The molecule has 0 saturated heterocycles. The lowest BCUT2D eigenvalue weighted by Crippen LogP contribution is -2.06. The Morgan fingerprint density at radius 1 is 1.41 bits per heavy atom. The molecule has 0 amide bonds. The molecule has 0 aliphatic rings. The zero-order valence-electron chi connectivity index (χ0n) is 9.90. The molecule has 2 heterocycles. The van der Waals surface area contributed by atoms with E-state index < -0.39 is 0 Å². The Labute approximate surface area is 100 Å². The van der Waals surface area contributed by atoms with Gasteiger partial charge in [0.05, 0.1) is 11.4 Å². The number of hydrogen-bond donors (Lipinski definition) is 3. The highest BCUT2D eigenvalue weighted by Gasteiger charge is 1.98. The van der Waals surface area contributed by atoms with Crippen LogP contribution in [0.5, 0.6) is 0 Å². The Kier molecular flexibility index (Phi) is 3.59. The van der Waals surface area contributed by atoms with Crippen LogP contribution in [0.25, 0.3) is 0 Å². The van der Waals surface area contributed by atoms with Crippen LogP contribution in [0.4, 0.5) is 11.5 Å². The highest BCUT2D eigenvalue weighted by molar-refractivity contribution is 5.48. The molecule has 0 bridgehead atoms. The molecule has 4 N–H and O–H groups in total. The average molecular weight is 231 g/mol. The van der Waals surface area contributed by atoms with Gasteiger partial charge in [0.2, 0.25) is 0 Å². The molecular formula is C12H17N5. The van der Waals surface area contributed by atoms with Crippen molar-refractivity contribution in [2.45, 2.75) is 19.8 Å². The van der Waals surface area contributed by atoms with Gasteiger partial charge in [-0.25, -0.2) is 9.97 Å². The fourth-order valence-electron chi connectivity index (χ4n) is 1.58. The third-order valence-corrected chi connectivity index (χ3v) is 2.58. The van der Waals surface area contributed by atoms with Gasteiger partial charge in [-0.15, -0.1) is 0 Å². The topological polar surface area (TPSA) is 79.6 Å². The summed E-state index contributed by atoms with van der Waals surface area (Å²) in [7, 11) is 0. The van der Waals surface area contributed by atoms with E-state index >= 15 is 0 Å². The van der Waals surface area contributed by atoms with Gasteiger partial charge < -0.3 is 16.0 Å². The molecule has 0 radical (unpaired) electrons. The lowest BCUT2D eigenvalue weighted by Gasteiger charge is -2.06. The number of imidazole rings is 1. The average Bonchev–Trinajstić information content (AvgIpc) is 2.82. The van der Waals surface area contributed by atoms with E-state index in [2.05, 4.69) is 20.3 Å². The maximum Gasteiger partial charge on any atom is 0.126 e. The van der Waals surface area contributed by atoms with Gasteiger partial charge in [0.25, 0.3) is 0 Å². The normalized spacial score (nSPS) is 10.4. The van der Waals surface area contributed by atoms with Gasteiger partial charge in [-0.1, -0.05) is 0 Å². The summed E-state index contributed by atoms with van der Waals surface area (Å²) in [6.07, 6.45) is 5.56. The van der Waals surface area contributed by atoms with Crippen molar-refractivity contribution >= 4 is 11.5 Å². The van der Waals surface area contributed by atoms with Gasteiger partial charge in [0, 0.05) is 25.4 Å². The van der Waals surface area contributed by atoms with Crippen molar-refractivity contribution < 1.29 is 0 Å². The van der Waals surface area contributed by atoms with Crippen LogP contribution < -0.4 is 11.1 Å². The van der Waals surface area contributed by atoms with Crippen molar-refractivity contribution in [3.8, 4) is 0 Å². The molecule has 5 nitrogen and oxygen atoms in total. The summed E-state index contributed by atoms with van der Waals surface area (Å²) < 4.78 is 0. The molecular weight excluding hydrogens is 214 g/mol. The van der Waals surface area contributed by atoms with Crippen LogP contribution in [0, 0.1) is 6.92 Å². The molecule has 2 rings (SSSR count). The second-order valence-corrected chi connectivity index (χ2v) is 3.94. The third-order valence-electron chi connectivity index (χ3n) is 2.58. The standard InChI is InChI=1S/C12H17N5/c1-9-10(13)4-5-12(17-9)14-6-2-3-11-15-7-8-16-11/h4-5,7-8H,2-3,6,13H2,1H3,(H,14,17)(H,15,16). The quantitative estimate of drug-likeness (QED) is 0.685. The first-order chi connectivity index (χ1) is 8.25. The van der Waals surface area contributed by atoms with E-state index in [0.29, 0.717) is 0 Å². The molecule has 0 aromatic carbocycles. The molecule has 0 atom stereocenters. The van der Waals surface area contributed by atoms with Crippen LogP contribution in [0.1, 0.15) is 17.9 Å². The van der Waals surface area contributed by atoms with E-state index in [1.807, 2.05) is 25.3 Å². The molecule has 0 aliphatic carbocycles. The van der Waals surface area contributed by atoms with Crippen molar-refractivity contribution in [2.24, 2.45) is 0 Å². The minimum Gasteiger partial charge on any atom is -0.397 e. The summed E-state index contributed by atoms with van der Waals surface area (Å²) in [5, 5.41) is 3.27. The van der Waals surface area contributed by atoms with Gasteiger partial charge in [0.15, 0.2) is 0 Å². The Hall–Kier alpha value is -2.04. The second-order valence-electron chi connectivity index (χ2n) is 3.94. The number of nitrogens with zero attached hydrogens (tertiary/aromatic N) is 2. The summed E-state index contributed by atoms with van der Waals surface area (Å²) in [6.45, 7) is 2.78. The minimum atomic E-state index is 0.728. The molecule has 0 unspecified atom stereocenters. The molecule has 2 aromatic heterocycles. The summed E-state index contributed by atoms with van der Waals surface area (Å²) >= 11 is 0. The van der Waals surface area contributed by atoms with Crippen LogP contribution in [-0.4, -0.2) is 21.5 Å². The largest absolute Gasteiger partial charge is 0.397 e. The van der Waals surface area contributed by atoms with E-state index in [1.54, 1.807) is 6.20 Å². The smallest absolute Gasteiger partial charge is 0.126 e. The Morgan fingerprint density at radius 2 is 2.29 bits per heavy atom. The van der Waals surface area contributed by atoms with Gasteiger partial charge in [-0.05, 0) is 25.5 Å². The van der Waals surface area contributed by atoms with Crippen molar-refractivity contribution in [3.05, 3.63) is 36.0 Å². The van der Waals surface area contributed by atoms with E-state index in [0.717, 1.165) is 42.4 Å². The number of aryl methyl sites for hydroxylation is 2. The monoisotopic (exact) mass is 231 g/mol. The molecule has 17 heavy (non-hydrogen) atoms. The highest BCUT2D eigenvalue weighted by atomic mass is 15.0. The first-order valence-electron chi connectivity index (χ1n) is 5.71. The van der Waals surface area contributed by atoms with Crippen molar-refractivity contribution in [3.63, 3.8) is 0 Å². The number of pyridine rings is 1.